The van der Waals surface area contributed by atoms with Crippen LogP contribution in [-0.4, -0.2) is 19.1 Å². The summed E-state index contributed by atoms with van der Waals surface area (Å²) in [6.45, 7) is 3.01. The van der Waals surface area contributed by atoms with Crippen molar-refractivity contribution in [3.05, 3.63) is 47.8 Å². The standard InChI is InChI=1S/C15H18N2O/c1-11-6-12(8-16-2)4-5-15(11)13-7-14(18-3)10-17-9-13/h4-7,9-10,16H,8H2,1-3H3. The van der Waals surface area contributed by atoms with Gasteiger partial charge in [0, 0.05) is 18.3 Å². The summed E-state index contributed by atoms with van der Waals surface area (Å²) in [5, 5.41) is 3.16. The zero-order valence-corrected chi connectivity index (χ0v) is 11.0. The first kappa shape index (κ1) is 12.6. The number of hydrogen-bond acceptors (Lipinski definition) is 3. The van der Waals surface area contributed by atoms with E-state index in [0.29, 0.717) is 0 Å². The van der Waals surface area contributed by atoms with Gasteiger partial charge in [0.05, 0.1) is 13.3 Å². The van der Waals surface area contributed by atoms with Crippen molar-refractivity contribution in [2.24, 2.45) is 0 Å². The van der Waals surface area contributed by atoms with Crippen LogP contribution in [0.2, 0.25) is 0 Å². The Morgan fingerprint density at radius 2 is 2.06 bits per heavy atom. The van der Waals surface area contributed by atoms with E-state index in [0.717, 1.165) is 17.9 Å². The maximum atomic E-state index is 5.21. The van der Waals surface area contributed by atoms with Gasteiger partial charge in [-0.2, -0.15) is 0 Å². The molecule has 0 aliphatic carbocycles. The Morgan fingerprint density at radius 1 is 1.22 bits per heavy atom. The molecule has 1 heterocycles. The van der Waals surface area contributed by atoms with Crippen molar-refractivity contribution in [3.63, 3.8) is 0 Å². The molecule has 0 saturated heterocycles. The second kappa shape index (κ2) is 5.65. The zero-order valence-electron chi connectivity index (χ0n) is 11.0. The Balaban J connectivity index is 2.38. The summed E-state index contributed by atoms with van der Waals surface area (Å²) in [7, 11) is 3.61. The van der Waals surface area contributed by atoms with Crippen molar-refractivity contribution in [2.45, 2.75) is 13.5 Å². The highest BCUT2D eigenvalue weighted by molar-refractivity contribution is 5.67. The molecule has 1 aromatic heterocycles. The summed E-state index contributed by atoms with van der Waals surface area (Å²) < 4.78 is 5.21. The van der Waals surface area contributed by atoms with Gasteiger partial charge < -0.3 is 10.1 Å². The molecule has 0 aliphatic rings. The number of methoxy groups -OCH3 is 1. The van der Waals surface area contributed by atoms with Gasteiger partial charge in [0.15, 0.2) is 0 Å². The highest BCUT2D eigenvalue weighted by Gasteiger charge is 2.04. The van der Waals surface area contributed by atoms with Gasteiger partial charge in [-0.3, -0.25) is 4.98 Å². The van der Waals surface area contributed by atoms with E-state index in [9.17, 15) is 0 Å². The van der Waals surface area contributed by atoms with Crippen LogP contribution in [0.4, 0.5) is 0 Å². The summed E-state index contributed by atoms with van der Waals surface area (Å²) in [5.41, 5.74) is 4.82. The maximum absolute atomic E-state index is 5.21. The lowest BCUT2D eigenvalue weighted by molar-refractivity contribution is 0.413. The number of nitrogens with one attached hydrogen (secondary N) is 1. The minimum atomic E-state index is 0.784. The molecule has 0 radical (unpaired) electrons. The molecular weight excluding hydrogens is 224 g/mol. The first-order valence-electron chi connectivity index (χ1n) is 5.98. The number of nitrogens with zero attached hydrogens (tertiary/aromatic N) is 1. The Hall–Kier alpha value is -1.87. The number of hydrogen-bond donors (Lipinski definition) is 1. The van der Waals surface area contributed by atoms with Crippen LogP contribution in [0.3, 0.4) is 0 Å². The first-order valence-corrected chi connectivity index (χ1v) is 5.98. The van der Waals surface area contributed by atoms with Crippen LogP contribution in [0.15, 0.2) is 36.7 Å². The first-order chi connectivity index (χ1) is 8.74. The van der Waals surface area contributed by atoms with Crippen LogP contribution in [0.5, 0.6) is 5.75 Å². The molecule has 0 saturated carbocycles. The number of rotatable bonds is 4. The topological polar surface area (TPSA) is 34.2 Å². The van der Waals surface area contributed by atoms with Gasteiger partial charge in [-0.25, -0.2) is 0 Å². The van der Waals surface area contributed by atoms with Crippen LogP contribution in [0, 0.1) is 6.92 Å². The average molecular weight is 242 g/mol. The molecule has 3 heteroatoms. The van der Waals surface area contributed by atoms with E-state index >= 15 is 0 Å². The monoisotopic (exact) mass is 242 g/mol. The lowest BCUT2D eigenvalue weighted by Gasteiger charge is -2.09. The van der Waals surface area contributed by atoms with Crippen LogP contribution in [0.1, 0.15) is 11.1 Å². The molecule has 0 spiro atoms. The molecular formula is C15H18N2O. The SMILES string of the molecule is CNCc1ccc(-c2cncc(OC)c2)c(C)c1. The second-order valence-corrected chi connectivity index (χ2v) is 4.29. The Morgan fingerprint density at radius 3 is 2.72 bits per heavy atom. The summed E-state index contributed by atoms with van der Waals surface area (Å²) in [4.78, 5) is 4.19. The van der Waals surface area contributed by atoms with Gasteiger partial charge in [-0.05, 0) is 36.7 Å². The molecule has 0 aliphatic heterocycles. The lowest BCUT2D eigenvalue weighted by atomic mass is 9.99. The lowest BCUT2D eigenvalue weighted by Crippen LogP contribution is -2.05. The van der Waals surface area contributed by atoms with Crippen molar-refractivity contribution < 1.29 is 4.74 Å². The van der Waals surface area contributed by atoms with E-state index in [-0.39, 0.29) is 0 Å². The molecule has 1 aromatic carbocycles. The van der Waals surface area contributed by atoms with Crippen molar-refractivity contribution in [1.82, 2.24) is 10.3 Å². The van der Waals surface area contributed by atoms with Gasteiger partial charge in [-0.15, -0.1) is 0 Å². The Bertz CT molecular complexity index is 538. The molecule has 3 nitrogen and oxygen atoms in total. The molecule has 0 atom stereocenters. The molecule has 2 rings (SSSR count). The number of ether oxygens (including phenoxy) is 1. The van der Waals surface area contributed by atoms with E-state index < -0.39 is 0 Å². The second-order valence-electron chi connectivity index (χ2n) is 4.29. The van der Waals surface area contributed by atoms with Crippen molar-refractivity contribution in [2.75, 3.05) is 14.2 Å². The number of aromatic nitrogens is 1. The Kier molecular flexibility index (Phi) is 3.95. The number of aryl methyl sites for hydroxylation is 1. The fraction of sp³-hybridized carbons (Fsp3) is 0.267. The largest absolute Gasteiger partial charge is 0.495 e. The zero-order chi connectivity index (χ0) is 13.0. The van der Waals surface area contributed by atoms with Crippen LogP contribution >= 0.6 is 0 Å². The number of benzene rings is 1. The molecule has 2 aromatic rings. The summed E-state index contributed by atoms with van der Waals surface area (Å²) in [5.74, 6) is 0.784. The molecule has 1 N–H and O–H groups in total. The van der Waals surface area contributed by atoms with Crippen LogP contribution < -0.4 is 10.1 Å². The van der Waals surface area contributed by atoms with Crippen LogP contribution in [0.25, 0.3) is 11.1 Å². The summed E-state index contributed by atoms with van der Waals surface area (Å²) in [6, 6.07) is 8.48. The van der Waals surface area contributed by atoms with E-state index in [2.05, 4.69) is 35.4 Å². The van der Waals surface area contributed by atoms with Gasteiger partial charge in [0.1, 0.15) is 5.75 Å². The quantitative estimate of drug-likeness (QED) is 0.895. The third-order valence-corrected chi connectivity index (χ3v) is 2.93. The van der Waals surface area contributed by atoms with Gasteiger partial charge in [0.25, 0.3) is 0 Å². The van der Waals surface area contributed by atoms with Gasteiger partial charge in [-0.1, -0.05) is 18.2 Å². The van der Waals surface area contributed by atoms with Gasteiger partial charge in [0.2, 0.25) is 0 Å². The summed E-state index contributed by atoms with van der Waals surface area (Å²) in [6.07, 6.45) is 3.58. The van der Waals surface area contributed by atoms with E-state index in [1.54, 1.807) is 13.3 Å². The third kappa shape index (κ3) is 2.68. The Labute approximate surface area is 108 Å². The van der Waals surface area contributed by atoms with Gasteiger partial charge >= 0.3 is 0 Å². The summed E-state index contributed by atoms with van der Waals surface area (Å²) >= 11 is 0. The van der Waals surface area contributed by atoms with Crippen molar-refractivity contribution in [3.8, 4) is 16.9 Å². The van der Waals surface area contributed by atoms with E-state index in [1.807, 2.05) is 19.3 Å². The predicted octanol–water partition coefficient (Wildman–Crippen LogP) is 2.79. The molecule has 94 valence electrons. The fourth-order valence-electron chi connectivity index (χ4n) is 2.04. The molecule has 0 bridgehead atoms. The smallest absolute Gasteiger partial charge is 0.137 e. The molecule has 0 unspecified atom stereocenters. The predicted molar refractivity (Wildman–Crippen MR) is 73.7 cm³/mol. The molecule has 0 fully saturated rings. The van der Waals surface area contributed by atoms with E-state index in [1.165, 1.54) is 16.7 Å². The molecule has 0 amide bonds. The van der Waals surface area contributed by atoms with Crippen molar-refractivity contribution in [1.29, 1.82) is 0 Å². The fourth-order valence-corrected chi connectivity index (χ4v) is 2.04. The number of pyridine rings is 1. The van der Waals surface area contributed by atoms with Crippen molar-refractivity contribution >= 4 is 0 Å². The van der Waals surface area contributed by atoms with Crippen LogP contribution in [-0.2, 0) is 6.54 Å². The minimum absolute atomic E-state index is 0.784. The molecule has 18 heavy (non-hydrogen) atoms. The average Bonchev–Trinajstić information content (AvgIpc) is 2.39. The maximum Gasteiger partial charge on any atom is 0.137 e. The highest BCUT2D eigenvalue weighted by Crippen LogP contribution is 2.26. The van der Waals surface area contributed by atoms with E-state index in [4.69, 9.17) is 4.74 Å². The third-order valence-electron chi connectivity index (χ3n) is 2.93. The minimum Gasteiger partial charge on any atom is -0.495 e. The highest BCUT2D eigenvalue weighted by atomic mass is 16.5. The normalized spacial score (nSPS) is 10.4.